The first-order valence-electron chi connectivity index (χ1n) is 8.46. The normalized spacial score (nSPS) is 10.8. The number of hydrogen-bond donors (Lipinski definition) is 0. The van der Waals surface area contributed by atoms with Crippen LogP contribution in [0.25, 0.3) is 0 Å². The molecule has 0 bridgehead atoms. The van der Waals surface area contributed by atoms with Crippen molar-refractivity contribution < 1.29 is 18.0 Å². The number of imidazole rings is 1. The van der Waals surface area contributed by atoms with Gasteiger partial charge in [-0.2, -0.15) is 0 Å². The summed E-state index contributed by atoms with van der Waals surface area (Å²) in [4.78, 5) is 18.4. The van der Waals surface area contributed by atoms with Gasteiger partial charge in [0.25, 0.3) is 5.91 Å². The molecule has 27 heavy (non-hydrogen) atoms. The van der Waals surface area contributed by atoms with E-state index in [1.165, 1.54) is 24.3 Å². The minimum atomic E-state index is -0.911. The van der Waals surface area contributed by atoms with Crippen LogP contribution in [-0.4, -0.2) is 26.9 Å². The van der Waals surface area contributed by atoms with Crippen LogP contribution in [0.5, 0.6) is 0 Å². The van der Waals surface area contributed by atoms with Crippen LogP contribution < -0.4 is 0 Å². The first-order chi connectivity index (χ1) is 13.0. The Hall–Kier alpha value is -3.09. The molecule has 4 nitrogen and oxygen atoms in total. The number of benzene rings is 2. The molecule has 1 heterocycles. The molecule has 0 atom stereocenters. The smallest absolute Gasteiger partial charge is 0.254 e. The first-order valence-corrected chi connectivity index (χ1v) is 8.46. The highest BCUT2D eigenvalue weighted by atomic mass is 19.2. The van der Waals surface area contributed by atoms with E-state index in [2.05, 4.69) is 4.98 Å². The maximum atomic E-state index is 13.4. The van der Waals surface area contributed by atoms with Gasteiger partial charge in [-0.3, -0.25) is 4.79 Å². The molecule has 0 N–H and O–H groups in total. The Kier molecular flexibility index (Phi) is 5.59. The van der Waals surface area contributed by atoms with Crippen molar-refractivity contribution in [2.45, 2.75) is 20.0 Å². The molecule has 0 saturated heterocycles. The number of amides is 1. The van der Waals surface area contributed by atoms with Crippen LogP contribution in [0, 0.1) is 17.5 Å². The highest BCUT2D eigenvalue weighted by Crippen LogP contribution is 2.14. The molecule has 7 heteroatoms. The summed E-state index contributed by atoms with van der Waals surface area (Å²) in [5.41, 5.74) is 0.836. The number of nitrogens with zero attached hydrogens (tertiary/aromatic N) is 3. The van der Waals surface area contributed by atoms with E-state index >= 15 is 0 Å². The third-order valence-electron chi connectivity index (χ3n) is 4.21. The third kappa shape index (κ3) is 4.36. The summed E-state index contributed by atoms with van der Waals surface area (Å²) < 4.78 is 41.7. The van der Waals surface area contributed by atoms with Crippen LogP contribution in [0.1, 0.15) is 28.7 Å². The summed E-state index contributed by atoms with van der Waals surface area (Å²) in [5.74, 6) is -2.00. The molecule has 0 spiro atoms. The molecule has 0 aliphatic rings. The quantitative estimate of drug-likeness (QED) is 0.655. The number of carbonyl (C=O) groups is 1. The van der Waals surface area contributed by atoms with Crippen LogP contribution in [-0.2, 0) is 13.1 Å². The van der Waals surface area contributed by atoms with Crippen LogP contribution in [0.4, 0.5) is 13.2 Å². The molecule has 1 aromatic heterocycles. The lowest BCUT2D eigenvalue weighted by Crippen LogP contribution is -2.31. The maximum Gasteiger partial charge on any atom is 0.254 e. The number of aromatic nitrogens is 2. The van der Waals surface area contributed by atoms with Crippen molar-refractivity contribution >= 4 is 5.91 Å². The average molecular weight is 373 g/mol. The molecule has 0 saturated carbocycles. The fourth-order valence-electron chi connectivity index (χ4n) is 2.77. The molecule has 0 fully saturated rings. The van der Waals surface area contributed by atoms with Crippen molar-refractivity contribution in [3.63, 3.8) is 0 Å². The zero-order valence-electron chi connectivity index (χ0n) is 14.7. The van der Waals surface area contributed by atoms with Crippen LogP contribution in [0.3, 0.4) is 0 Å². The lowest BCUT2D eigenvalue weighted by atomic mass is 10.2. The van der Waals surface area contributed by atoms with E-state index in [1.807, 2.05) is 6.92 Å². The van der Waals surface area contributed by atoms with Gasteiger partial charge in [0.05, 0.1) is 6.54 Å². The third-order valence-corrected chi connectivity index (χ3v) is 4.21. The van der Waals surface area contributed by atoms with Crippen LogP contribution >= 0.6 is 0 Å². The molecular weight excluding hydrogens is 355 g/mol. The monoisotopic (exact) mass is 373 g/mol. The van der Waals surface area contributed by atoms with Crippen molar-refractivity contribution in [1.82, 2.24) is 14.5 Å². The maximum absolute atomic E-state index is 13.4. The largest absolute Gasteiger partial charge is 0.331 e. The van der Waals surface area contributed by atoms with Crippen molar-refractivity contribution in [1.29, 1.82) is 0 Å². The Balaban J connectivity index is 1.77. The van der Waals surface area contributed by atoms with Gasteiger partial charge in [-0.05, 0) is 42.8 Å². The topological polar surface area (TPSA) is 38.1 Å². The Morgan fingerprint density at radius 3 is 2.63 bits per heavy atom. The molecule has 0 aliphatic carbocycles. The van der Waals surface area contributed by atoms with Crippen molar-refractivity contribution in [2.75, 3.05) is 6.54 Å². The van der Waals surface area contributed by atoms with E-state index < -0.39 is 17.5 Å². The van der Waals surface area contributed by atoms with Gasteiger partial charge in [-0.1, -0.05) is 12.1 Å². The van der Waals surface area contributed by atoms with Gasteiger partial charge in [0.15, 0.2) is 11.6 Å². The molecule has 3 rings (SSSR count). The average Bonchev–Trinajstić information content (AvgIpc) is 3.09. The number of hydrogen-bond acceptors (Lipinski definition) is 2. The van der Waals surface area contributed by atoms with Crippen molar-refractivity contribution in [3.8, 4) is 0 Å². The van der Waals surface area contributed by atoms with E-state index in [1.54, 1.807) is 27.9 Å². The Morgan fingerprint density at radius 1 is 1.11 bits per heavy atom. The predicted octanol–water partition coefficient (Wildman–Crippen LogP) is 4.01. The standard InChI is InChI=1S/C20H18F3N3O/c1-2-25(20(27)15-4-3-5-16(21)11-15)13-19-24-8-9-26(19)12-14-6-7-17(22)18(23)10-14/h3-11H,2,12-13H2,1H3. The second-order valence-corrected chi connectivity index (χ2v) is 6.05. The van der Waals surface area contributed by atoms with Gasteiger partial charge in [0, 0.05) is 31.0 Å². The van der Waals surface area contributed by atoms with Crippen LogP contribution in [0.2, 0.25) is 0 Å². The summed E-state index contributed by atoms with van der Waals surface area (Å²) in [6.07, 6.45) is 3.28. The SMILES string of the molecule is CCN(Cc1nccn1Cc1ccc(F)c(F)c1)C(=O)c1cccc(F)c1. The van der Waals surface area contributed by atoms with E-state index in [0.717, 1.165) is 12.1 Å². The molecule has 0 unspecified atom stereocenters. The fourth-order valence-corrected chi connectivity index (χ4v) is 2.77. The van der Waals surface area contributed by atoms with Gasteiger partial charge in [-0.25, -0.2) is 18.2 Å². The number of halogens is 3. The van der Waals surface area contributed by atoms with Crippen molar-refractivity contribution in [3.05, 3.63) is 89.3 Å². The van der Waals surface area contributed by atoms with E-state index in [9.17, 15) is 18.0 Å². The molecule has 1 amide bonds. The molecule has 140 valence electrons. The summed E-state index contributed by atoms with van der Waals surface area (Å²) in [6.45, 7) is 2.73. The number of rotatable bonds is 6. The molecule has 0 radical (unpaired) electrons. The van der Waals surface area contributed by atoms with Gasteiger partial charge in [0.1, 0.15) is 11.6 Å². The van der Waals surface area contributed by atoms with Crippen molar-refractivity contribution in [2.24, 2.45) is 0 Å². The Morgan fingerprint density at radius 2 is 1.93 bits per heavy atom. The van der Waals surface area contributed by atoms with E-state index in [-0.39, 0.29) is 24.6 Å². The first kappa shape index (κ1) is 18.7. The van der Waals surface area contributed by atoms with E-state index in [4.69, 9.17) is 0 Å². The second kappa shape index (κ2) is 8.07. The summed E-state index contributed by atoms with van der Waals surface area (Å²) in [7, 11) is 0. The highest BCUT2D eigenvalue weighted by molar-refractivity contribution is 5.94. The van der Waals surface area contributed by atoms with Crippen LogP contribution in [0.15, 0.2) is 54.9 Å². The Labute approximate surface area is 154 Å². The molecule has 0 aliphatic heterocycles. The summed E-state index contributed by atoms with van der Waals surface area (Å²) in [6, 6.07) is 9.22. The second-order valence-electron chi connectivity index (χ2n) is 6.05. The Bertz CT molecular complexity index is 955. The zero-order chi connectivity index (χ0) is 19.4. The minimum absolute atomic E-state index is 0.211. The molecular formula is C20H18F3N3O. The lowest BCUT2D eigenvalue weighted by Gasteiger charge is -2.21. The highest BCUT2D eigenvalue weighted by Gasteiger charge is 2.17. The summed E-state index contributed by atoms with van der Waals surface area (Å²) >= 11 is 0. The molecule has 2 aromatic carbocycles. The lowest BCUT2D eigenvalue weighted by molar-refractivity contribution is 0.0746. The van der Waals surface area contributed by atoms with Gasteiger partial charge in [0.2, 0.25) is 0 Å². The molecule has 3 aromatic rings. The minimum Gasteiger partial charge on any atom is -0.331 e. The van der Waals surface area contributed by atoms with E-state index in [0.29, 0.717) is 17.9 Å². The summed E-state index contributed by atoms with van der Waals surface area (Å²) in [5, 5.41) is 0. The predicted molar refractivity (Wildman–Crippen MR) is 94.5 cm³/mol. The van der Waals surface area contributed by atoms with Gasteiger partial charge in [-0.15, -0.1) is 0 Å². The fraction of sp³-hybridized carbons (Fsp3) is 0.200. The van der Waals surface area contributed by atoms with Gasteiger partial charge < -0.3 is 9.47 Å². The zero-order valence-corrected chi connectivity index (χ0v) is 14.7. The number of carbonyl (C=O) groups excluding carboxylic acids is 1. The van der Waals surface area contributed by atoms with Gasteiger partial charge >= 0.3 is 0 Å².